The fourth-order valence-electron chi connectivity index (χ4n) is 1.94. The zero-order chi connectivity index (χ0) is 15.5. The summed E-state index contributed by atoms with van der Waals surface area (Å²) in [6.07, 6.45) is 5.01. The van der Waals surface area contributed by atoms with E-state index < -0.39 is 0 Å². The Morgan fingerprint density at radius 2 is 2.09 bits per heavy atom. The molecule has 3 aromatic rings. The molecule has 0 saturated carbocycles. The van der Waals surface area contributed by atoms with Crippen molar-refractivity contribution >= 4 is 17.2 Å². The van der Waals surface area contributed by atoms with Crippen LogP contribution in [0, 0.1) is 6.92 Å². The van der Waals surface area contributed by atoms with Crippen LogP contribution in [0.2, 0.25) is 0 Å². The number of carbonyl (C=O) groups is 1. The second kappa shape index (κ2) is 6.02. The van der Waals surface area contributed by atoms with Gasteiger partial charge in [0.2, 0.25) is 0 Å². The lowest BCUT2D eigenvalue weighted by Gasteiger charge is -2.04. The highest BCUT2D eigenvalue weighted by atomic mass is 32.1. The van der Waals surface area contributed by atoms with Crippen LogP contribution in [-0.2, 0) is 13.6 Å². The molecule has 0 aromatic carbocycles. The first-order chi connectivity index (χ1) is 10.6. The first-order valence-corrected chi connectivity index (χ1v) is 7.46. The Kier molecular flexibility index (Phi) is 3.92. The van der Waals surface area contributed by atoms with Crippen molar-refractivity contribution in [2.75, 3.05) is 0 Å². The number of carbonyl (C=O) groups excluding carboxylic acids is 1. The first kappa shape index (κ1) is 14.3. The smallest absolute Gasteiger partial charge is 0.263 e. The van der Waals surface area contributed by atoms with Gasteiger partial charge in [0.1, 0.15) is 4.88 Å². The van der Waals surface area contributed by atoms with Crippen molar-refractivity contribution in [1.29, 1.82) is 0 Å². The van der Waals surface area contributed by atoms with Crippen LogP contribution in [-0.4, -0.2) is 30.6 Å². The molecule has 1 amide bonds. The minimum absolute atomic E-state index is 0.154. The third-order valence-electron chi connectivity index (χ3n) is 3.11. The molecule has 0 aliphatic rings. The van der Waals surface area contributed by atoms with Crippen LogP contribution in [0.25, 0.3) is 10.8 Å². The zero-order valence-corrected chi connectivity index (χ0v) is 13.0. The van der Waals surface area contributed by atoms with Gasteiger partial charge in [0.25, 0.3) is 5.91 Å². The molecule has 0 atom stereocenters. The van der Waals surface area contributed by atoms with Gasteiger partial charge in [-0.25, -0.2) is 15.0 Å². The van der Waals surface area contributed by atoms with Crippen LogP contribution in [0.1, 0.15) is 21.1 Å². The van der Waals surface area contributed by atoms with Crippen LogP contribution in [0.5, 0.6) is 0 Å². The number of amides is 1. The van der Waals surface area contributed by atoms with Gasteiger partial charge in [0.05, 0.1) is 17.9 Å². The van der Waals surface area contributed by atoms with Gasteiger partial charge in [-0.1, -0.05) is 0 Å². The molecule has 3 rings (SSSR count). The maximum Gasteiger partial charge on any atom is 0.263 e. The molecule has 0 spiro atoms. The molecule has 0 unspecified atom stereocenters. The van der Waals surface area contributed by atoms with E-state index in [4.69, 9.17) is 0 Å². The van der Waals surface area contributed by atoms with E-state index in [0.29, 0.717) is 27.9 Å². The summed E-state index contributed by atoms with van der Waals surface area (Å²) in [6.45, 7) is 2.23. The van der Waals surface area contributed by atoms with Gasteiger partial charge in [-0.15, -0.1) is 11.3 Å². The summed E-state index contributed by atoms with van der Waals surface area (Å²) in [4.78, 5) is 25.6. The van der Waals surface area contributed by atoms with Gasteiger partial charge in [0.15, 0.2) is 10.8 Å². The van der Waals surface area contributed by atoms with Gasteiger partial charge in [0, 0.05) is 25.6 Å². The molecule has 22 heavy (non-hydrogen) atoms. The highest BCUT2D eigenvalue weighted by molar-refractivity contribution is 7.17. The molecule has 3 aromatic heterocycles. The molecule has 0 bridgehead atoms. The molecule has 0 aliphatic carbocycles. The Morgan fingerprint density at radius 3 is 2.77 bits per heavy atom. The summed E-state index contributed by atoms with van der Waals surface area (Å²) < 4.78 is 1.73. The Morgan fingerprint density at radius 1 is 1.32 bits per heavy atom. The number of hydrogen-bond acceptors (Lipinski definition) is 6. The second-order valence-corrected chi connectivity index (χ2v) is 5.63. The van der Waals surface area contributed by atoms with Crippen molar-refractivity contribution in [2.45, 2.75) is 13.5 Å². The van der Waals surface area contributed by atoms with E-state index >= 15 is 0 Å². The molecule has 8 heteroatoms. The monoisotopic (exact) mass is 314 g/mol. The topological polar surface area (TPSA) is 85.6 Å². The second-order valence-electron chi connectivity index (χ2n) is 4.63. The van der Waals surface area contributed by atoms with Crippen molar-refractivity contribution in [3.63, 3.8) is 0 Å². The molecule has 0 fully saturated rings. The van der Waals surface area contributed by atoms with Crippen molar-refractivity contribution in [3.8, 4) is 10.8 Å². The summed E-state index contributed by atoms with van der Waals surface area (Å²) in [5.41, 5.74) is 1.61. The van der Waals surface area contributed by atoms with Crippen molar-refractivity contribution in [2.24, 2.45) is 7.05 Å². The Balaban J connectivity index is 1.76. The number of rotatable bonds is 4. The molecule has 0 radical (unpaired) electrons. The number of aromatic nitrogens is 5. The third-order valence-corrected chi connectivity index (χ3v) is 4.26. The number of thiazole rings is 1. The SMILES string of the molecule is Cc1nc(-c2ncccn2)sc1C(=O)NCc1ccnn1C. The number of nitrogens with zero attached hydrogens (tertiary/aromatic N) is 5. The average molecular weight is 314 g/mol. The Bertz CT molecular complexity index is 795. The average Bonchev–Trinajstić information content (AvgIpc) is 3.12. The van der Waals surface area contributed by atoms with E-state index in [9.17, 15) is 4.79 Å². The molecule has 3 heterocycles. The number of aryl methyl sites for hydroxylation is 2. The Hall–Kier alpha value is -2.61. The minimum atomic E-state index is -0.154. The summed E-state index contributed by atoms with van der Waals surface area (Å²) in [6, 6.07) is 3.61. The number of nitrogens with one attached hydrogen (secondary N) is 1. The molecular formula is C14H14N6OS. The molecule has 7 nitrogen and oxygen atoms in total. The third kappa shape index (κ3) is 2.86. The van der Waals surface area contributed by atoms with Crippen molar-refractivity contribution in [3.05, 3.63) is 47.0 Å². The minimum Gasteiger partial charge on any atom is -0.346 e. The quantitative estimate of drug-likeness (QED) is 0.790. The molecule has 1 N–H and O–H groups in total. The number of hydrogen-bond donors (Lipinski definition) is 1. The van der Waals surface area contributed by atoms with Crippen LogP contribution in [0.4, 0.5) is 0 Å². The lowest BCUT2D eigenvalue weighted by Crippen LogP contribution is -2.23. The largest absolute Gasteiger partial charge is 0.346 e. The van der Waals surface area contributed by atoms with E-state index in [1.54, 1.807) is 29.3 Å². The molecular weight excluding hydrogens is 300 g/mol. The van der Waals surface area contributed by atoms with E-state index in [0.717, 1.165) is 5.69 Å². The maximum absolute atomic E-state index is 12.3. The fourth-order valence-corrected chi connectivity index (χ4v) is 2.87. The van der Waals surface area contributed by atoms with Crippen molar-refractivity contribution < 1.29 is 4.79 Å². The summed E-state index contributed by atoms with van der Waals surface area (Å²) in [5.74, 6) is 0.375. The first-order valence-electron chi connectivity index (χ1n) is 6.65. The van der Waals surface area contributed by atoms with Gasteiger partial charge in [-0.05, 0) is 19.1 Å². The summed E-state index contributed by atoms with van der Waals surface area (Å²) in [5, 5.41) is 7.59. The van der Waals surface area contributed by atoms with Gasteiger partial charge < -0.3 is 5.32 Å². The normalized spacial score (nSPS) is 10.6. The van der Waals surface area contributed by atoms with Crippen LogP contribution < -0.4 is 5.32 Å². The van der Waals surface area contributed by atoms with Gasteiger partial charge in [-0.3, -0.25) is 9.48 Å². The Labute approximate surface area is 131 Å². The lowest BCUT2D eigenvalue weighted by molar-refractivity contribution is 0.0953. The molecule has 0 saturated heterocycles. The predicted molar refractivity (Wildman–Crippen MR) is 82.3 cm³/mol. The van der Waals surface area contributed by atoms with E-state index in [1.165, 1.54) is 11.3 Å². The van der Waals surface area contributed by atoms with E-state index in [1.807, 2.05) is 20.0 Å². The van der Waals surface area contributed by atoms with Gasteiger partial charge >= 0.3 is 0 Å². The lowest BCUT2D eigenvalue weighted by atomic mass is 10.3. The fraction of sp³-hybridized carbons (Fsp3) is 0.214. The predicted octanol–water partition coefficient (Wildman–Crippen LogP) is 1.57. The molecule has 112 valence electrons. The highest BCUT2D eigenvalue weighted by Gasteiger charge is 2.17. The molecule has 0 aliphatic heterocycles. The van der Waals surface area contributed by atoms with Gasteiger partial charge in [-0.2, -0.15) is 5.10 Å². The van der Waals surface area contributed by atoms with Crippen LogP contribution in [0.15, 0.2) is 30.7 Å². The maximum atomic E-state index is 12.3. The van der Waals surface area contributed by atoms with Crippen LogP contribution in [0.3, 0.4) is 0 Å². The van der Waals surface area contributed by atoms with Crippen LogP contribution >= 0.6 is 11.3 Å². The standard InChI is InChI=1S/C14H14N6OS/c1-9-11(13(21)17-8-10-4-7-18-20(10)2)22-14(19-9)12-15-5-3-6-16-12/h3-7H,8H2,1-2H3,(H,17,21). The summed E-state index contributed by atoms with van der Waals surface area (Å²) in [7, 11) is 1.84. The van der Waals surface area contributed by atoms with Crippen molar-refractivity contribution in [1.82, 2.24) is 30.0 Å². The summed E-state index contributed by atoms with van der Waals surface area (Å²) >= 11 is 1.29. The van der Waals surface area contributed by atoms with E-state index in [2.05, 4.69) is 25.4 Å². The zero-order valence-electron chi connectivity index (χ0n) is 12.1. The highest BCUT2D eigenvalue weighted by Crippen LogP contribution is 2.25. The van der Waals surface area contributed by atoms with E-state index in [-0.39, 0.29) is 5.91 Å².